The third kappa shape index (κ3) is 6.12. The summed E-state index contributed by atoms with van der Waals surface area (Å²) in [7, 11) is -7.43. The zero-order valence-corrected chi connectivity index (χ0v) is 22.7. The molecule has 1 N–H and O–H groups in total. The molecule has 0 saturated carbocycles. The van der Waals surface area contributed by atoms with Crippen LogP contribution in [0.2, 0.25) is 10.0 Å². The van der Waals surface area contributed by atoms with Crippen molar-refractivity contribution in [2.75, 3.05) is 17.8 Å². The van der Waals surface area contributed by atoms with Gasteiger partial charge in [0.05, 0.1) is 15.6 Å². The largest absolute Gasteiger partial charge is 0.264 e. The van der Waals surface area contributed by atoms with E-state index >= 15 is 0 Å². The molecule has 0 unspecified atom stereocenters. The second-order valence-corrected chi connectivity index (χ2v) is 13.5. The lowest BCUT2D eigenvalue weighted by Crippen LogP contribution is -2.35. The molecule has 0 atom stereocenters. The van der Waals surface area contributed by atoms with Crippen LogP contribution in [0.4, 0.5) is 5.82 Å². The second-order valence-electron chi connectivity index (χ2n) is 8.00. The summed E-state index contributed by atoms with van der Waals surface area (Å²) in [4.78, 5) is 6.20. The van der Waals surface area contributed by atoms with E-state index in [-0.39, 0.29) is 20.6 Å². The molecule has 0 radical (unpaired) electrons. The number of nitrogens with one attached hydrogen (secondary N) is 1. The SMILES string of the molecule is Cc1nc(NS(=O)(=O)c2ccc(Cl)cc2Cl)ccc1Sc1ccc(S(=O)(=O)N2CCCCC2)cc1. The molecule has 1 aromatic heterocycles. The smallest absolute Gasteiger partial charge is 0.263 e. The number of pyridine rings is 1. The van der Waals surface area contributed by atoms with E-state index in [9.17, 15) is 16.8 Å². The fraction of sp³-hybridized carbons (Fsp3) is 0.261. The van der Waals surface area contributed by atoms with Crippen molar-refractivity contribution in [2.45, 2.75) is 45.8 Å². The van der Waals surface area contributed by atoms with Gasteiger partial charge in [-0.25, -0.2) is 21.8 Å². The second kappa shape index (κ2) is 10.7. The van der Waals surface area contributed by atoms with E-state index in [1.807, 2.05) is 0 Å². The molecule has 12 heteroatoms. The van der Waals surface area contributed by atoms with Gasteiger partial charge in [0.15, 0.2) is 0 Å². The molecule has 0 amide bonds. The lowest BCUT2D eigenvalue weighted by Gasteiger charge is -2.25. The number of aryl methyl sites for hydroxylation is 1. The quantitative estimate of drug-likeness (QED) is 0.383. The molecule has 0 spiro atoms. The molecular weight excluding hydrogens is 549 g/mol. The summed E-state index contributed by atoms with van der Waals surface area (Å²) in [6.07, 6.45) is 2.83. The van der Waals surface area contributed by atoms with E-state index in [1.165, 1.54) is 30.0 Å². The molecular formula is C23H23Cl2N3O4S3. The monoisotopic (exact) mass is 571 g/mol. The maximum atomic E-state index is 12.8. The summed E-state index contributed by atoms with van der Waals surface area (Å²) in [5, 5.41) is 0.348. The summed E-state index contributed by atoms with van der Waals surface area (Å²) >= 11 is 13.3. The van der Waals surface area contributed by atoms with Crippen LogP contribution in [0, 0.1) is 6.92 Å². The first-order valence-electron chi connectivity index (χ1n) is 10.8. The molecule has 4 rings (SSSR count). The highest BCUT2D eigenvalue weighted by molar-refractivity contribution is 7.99. The molecule has 3 aromatic rings. The van der Waals surface area contributed by atoms with Crippen LogP contribution < -0.4 is 4.72 Å². The first-order chi connectivity index (χ1) is 16.6. The van der Waals surface area contributed by atoms with Crippen molar-refractivity contribution >= 4 is 60.8 Å². The van der Waals surface area contributed by atoms with Crippen LogP contribution >= 0.6 is 35.0 Å². The maximum absolute atomic E-state index is 12.8. The average molecular weight is 573 g/mol. The van der Waals surface area contributed by atoms with Crippen LogP contribution in [-0.4, -0.2) is 39.2 Å². The zero-order chi connectivity index (χ0) is 25.2. The maximum Gasteiger partial charge on any atom is 0.264 e. The van der Waals surface area contributed by atoms with Crippen LogP contribution in [0.25, 0.3) is 0 Å². The molecule has 2 aromatic carbocycles. The number of sulfonamides is 2. The molecule has 2 heterocycles. The number of benzene rings is 2. The molecule has 1 fully saturated rings. The van der Waals surface area contributed by atoms with Crippen molar-refractivity contribution in [1.82, 2.24) is 9.29 Å². The predicted molar refractivity (Wildman–Crippen MR) is 139 cm³/mol. The first-order valence-corrected chi connectivity index (χ1v) is 15.3. The zero-order valence-electron chi connectivity index (χ0n) is 18.7. The molecule has 1 saturated heterocycles. The first kappa shape index (κ1) is 26.2. The number of anilines is 1. The minimum Gasteiger partial charge on any atom is -0.263 e. The number of hydrogen-bond donors (Lipinski definition) is 1. The number of rotatable bonds is 7. The van der Waals surface area contributed by atoms with Gasteiger partial charge < -0.3 is 0 Å². The Morgan fingerprint density at radius 2 is 1.60 bits per heavy atom. The van der Waals surface area contributed by atoms with Gasteiger partial charge in [-0.05, 0) is 74.4 Å². The van der Waals surface area contributed by atoms with Gasteiger partial charge in [0, 0.05) is 27.9 Å². The van der Waals surface area contributed by atoms with Crippen LogP contribution in [0.1, 0.15) is 25.0 Å². The Hall–Kier alpha value is -1.82. The van der Waals surface area contributed by atoms with E-state index in [2.05, 4.69) is 9.71 Å². The fourth-order valence-electron chi connectivity index (χ4n) is 3.66. The number of piperidine rings is 1. The summed E-state index contributed by atoms with van der Waals surface area (Å²) in [5.74, 6) is 0.154. The van der Waals surface area contributed by atoms with Gasteiger partial charge in [0.1, 0.15) is 10.7 Å². The molecule has 7 nitrogen and oxygen atoms in total. The Bertz CT molecular complexity index is 1440. The fourth-order valence-corrected chi connectivity index (χ4v) is 7.81. The van der Waals surface area contributed by atoms with Gasteiger partial charge in [-0.1, -0.05) is 41.4 Å². The van der Waals surface area contributed by atoms with Gasteiger partial charge in [0.25, 0.3) is 10.0 Å². The van der Waals surface area contributed by atoms with E-state index in [4.69, 9.17) is 23.2 Å². The topological polar surface area (TPSA) is 96.4 Å². The van der Waals surface area contributed by atoms with E-state index in [0.717, 1.165) is 29.1 Å². The van der Waals surface area contributed by atoms with Crippen molar-refractivity contribution in [2.24, 2.45) is 0 Å². The van der Waals surface area contributed by atoms with Crippen molar-refractivity contribution in [3.05, 3.63) is 70.3 Å². The molecule has 0 bridgehead atoms. The Balaban J connectivity index is 1.47. The van der Waals surface area contributed by atoms with E-state index in [1.54, 1.807) is 47.6 Å². The summed E-state index contributed by atoms with van der Waals surface area (Å²) in [5.41, 5.74) is 0.613. The van der Waals surface area contributed by atoms with Gasteiger partial charge >= 0.3 is 0 Å². The number of halogens is 2. The lowest BCUT2D eigenvalue weighted by molar-refractivity contribution is 0.346. The molecule has 186 valence electrons. The summed E-state index contributed by atoms with van der Waals surface area (Å²) in [6.45, 7) is 2.89. The van der Waals surface area contributed by atoms with Crippen molar-refractivity contribution in [3.63, 3.8) is 0 Å². The standard InChI is InChI=1S/C23H23Cl2N3O4S3/c1-16-21(10-12-23(26-16)27-34(29,30)22-11-5-17(24)15-20(22)25)33-18-6-8-19(9-7-18)35(31,32)28-13-3-2-4-14-28/h5-12,15H,2-4,13-14H2,1H3,(H,26,27). The predicted octanol–water partition coefficient (Wildman–Crippen LogP) is 5.82. The third-order valence-corrected chi connectivity index (χ3v) is 10.6. The van der Waals surface area contributed by atoms with Gasteiger partial charge in [-0.3, -0.25) is 4.72 Å². The van der Waals surface area contributed by atoms with Gasteiger partial charge in [-0.15, -0.1) is 0 Å². The van der Waals surface area contributed by atoms with Crippen molar-refractivity contribution < 1.29 is 16.8 Å². The molecule has 0 aliphatic carbocycles. The van der Waals surface area contributed by atoms with E-state index < -0.39 is 20.0 Å². The Morgan fingerprint density at radius 1 is 0.914 bits per heavy atom. The van der Waals surface area contributed by atoms with Crippen molar-refractivity contribution in [1.29, 1.82) is 0 Å². The van der Waals surface area contributed by atoms with Crippen LogP contribution in [0.3, 0.4) is 0 Å². The minimum absolute atomic E-state index is 0.0136. The Labute approximate surface area is 220 Å². The summed E-state index contributed by atoms with van der Waals surface area (Å²) in [6, 6.07) is 14.2. The molecule has 1 aliphatic rings. The third-order valence-electron chi connectivity index (χ3n) is 5.46. The highest BCUT2D eigenvalue weighted by Crippen LogP contribution is 2.32. The average Bonchev–Trinajstić information content (AvgIpc) is 2.81. The highest BCUT2D eigenvalue weighted by Gasteiger charge is 2.25. The number of nitrogens with zero attached hydrogens (tertiary/aromatic N) is 2. The normalized spacial score (nSPS) is 15.2. The van der Waals surface area contributed by atoms with Crippen LogP contribution in [0.5, 0.6) is 0 Å². The number of hydrogen-bond acceptors (Lipinski definition) is 6. The lowest BCUT2D eigenvalue weighted by atomic mass is 10.2. The van der Waals surface area contributed by atoms with E-state index in [0.29, 0.717) is 23.8 Å². The van der Waals surface area contributed by atoms with Crippen molar-refractivity contribution in [3.8, 4) is 0 Å². The van der Waals surface area contributed by atoms with Gasteiger partial charge in [0.2, 0.25) is 10.0 Å². The Morgan fingerprint density at radius 3 is 2.23 bits per heavy atom. The van der Waals surface area contributed by atoms with Crippen LogP contribution in [0.15, 0.2) is 74.2 Å². The molecule has 35 heavy (non-hydrogen) atoms. The minimum atomic E-state index is -3.95. The molecule has 1 aliphatic heterocycles. The summed E-state index contributed by atoms with van der Waals surface area (Å²) < 4.78 is 55.1. The number of aromatic nitrogens is 1. The van der Waals surface area contributed by atoms with Crippen LogP contribution in [-0.2, 0) is 20.0 Å². The Kier molecular flexibility index (Phi) is 7.99. The van der Waals surface area contributed by atoms with Gasteiger partial charge in [-0.2, -0.15) is 4.31 Å². The highest BCUT2D eigenvalue weighted by atomic mass is 35.5.